The van der Waals surface area contributed by atoms with Crippen molar-refractivity contribution in [1.29, 1.82) is 0 Å². The molecule has 1 amide bonds. The minimum Gasteiger partial charge on any atom is -0.453 e. The third kappa shape index (κ3) is 6.67. The molecule has 0 unspecified atom stereocenters. The predicted octanol–water partition coefficient (Wildman–Crippen LogP) is 0.186. The lowest BCUT2D eigenvalue weighted by Crippen LogP contribution is -2.20. The molecule has 72 valence electrons. The van der Waals surface area contributed by atoms with E-state index in [1.807, 2.05) is 0 Å². The van der Waals surface area contributed by atoms with Gasteiger partial charge >= 0.3 is 6.09 Å². The summed E-state index contributed by atoms with van der Waals surface area (Å²) in [5, 5.41) is 0. The number of carbonyl (C=O) groups excluding carboxylic acids is 1. The molecule has 0 atom stereocenters. The first kappa shape index (κ1) is 11.3. The number of ether oxygens (including phenoxy) is 1. The number of aromatic nitrogens is 3. The molecule has 1 heterocycles. The van der Waals surface area contributed by atoms with Gasteiger partial charge in [-0.1, -0.05) is 0 Å². The van der Waals surface area contributed by atoms with Crippen LogP contribution in [-0.2, 0) is 4.74 Å². The van der Waals surface area contributed by atoms with E-state index in [9.17, 15) is 4.79 Å². The molecule has 0 aliphatic rings. The average molecular weight is 184 g/mol. The molecule has 0 N–H and O–H groups in total. The smallest absolute Gasteiger partial charge is 0.408 e. The minimum atomic E-state index is -0.319. The summed E-state index contributed by atoms with van der Waals surface area (Å²) in [5.41, 5.74) is 0. The highest BCUT2D eigenvalue weighted by Gasteiger charge is 1.97. The number of nitrogens with zero attached hydrogens (tertiary/aromatic N) is 4. The van der Waals surface area contributed by atoms with E-state index in [1.54, 1.807) is 14.1 Å². The molecule has 0 spiro atoms. The monoisotopic (exact) mass is 184 g/mol. The molecule has 0 fully saturated rings. The first-order chi connectivity index (χ1) is 6.18. The molecular formula is C7H12N4O2. The highest BCUT2D eigenvalue weighted by molar-refractivity contribution is 5.66. The Morgan fingerprint density at radius 3 is 1.62 bits per heavy atom. The van der Waals surface area contributed by atoms with Crippen LogP contribution in [0.3, 0.4) is 0 Å². The van der Waals surface area contributed by atoms with Gasteiger partial charge in [0.1, 0.15) is 19.0 Å². The van der Waals surface area contributed by atoms with E-state index < -0.39 is 0 Å². The van der Waals surface area contributed by atoms with Crippen molar-refractivity contribution in [3.05, 3.63) is 19.0 Å². The molecule has 0 aliphatic carbocycles. The molecule has 6 nitrogen and oxygen atoms in total. The maximum atomic E-state index is 10.2. The zero-order chi connectivity index (χ0) is 10.1. The first-order valence-electron chi connectivity index (χ1n) is 3.48. The zero-order valence-corrected chi connectivity index (χ0v) is 7.84. The Bertz CT molecular complexity index is 200. The van der Waals surface area contributed by atoms with Crippen LogP contribution in [0.5, 0.6) is 0 Å². The van der Waals surface area contributed by atoms with E-state index in [1.165, 1.54) is 31.0 Å². The predicted molar refractivity (Wildman–Crippen MR) is 45.9 cm³/mol. The van der Waals surface area contributed by atoms with Crippen LogP contribution in [0, 0.1) is 0 Å². The largest absolute Gasteiger partial charge is 0.453 e. The highest BCUT2D eigenvalue weighted by atomic mass is 16.5. The third-order valence-corrected chi connectivity index (χ3v) is 0.940. The molecular weight excluding hydrogens is 172 g/mol. The molecule has 0 aliphatic heterocycles. The van der Waals surface area contributed by atoms with Crippen LogP contribution in [0.4, 0.5) is 4.79 Å². The summed E-state index contributed by atoms with van der Waals surface area (Å²) in [5.74, 6) is 0. The van der Waals surface area contributed by atoms with Gasteiger partial charge in [-0.15, -0.1) is 0 Å². The highest BCUT2D eigenvalue weighted by Crippen LogP contribution is 1.78. The number of rotatable bonds is 0. The molecule has 0 radical (unpaired) electrons. The Hall–Kier alpha value is -1.72. The van der Waals surface area contributed by atoms with Gasteiger partial charge in [0.25, 0.3) is 0 Å². The molecule has 1 aromatic heterocycles. The Kier molecular flexibility index (Phi) is 6.04. The summed E-state index contributed by atoms with van der Waals surface area (Å²) in [6.45, 7) is 0. The fourth-order valence-electron chi connectivity index (χ4n) is 0.387. The number of carbonyl (C=O) groups is 1. The van der Waals surface area contributed by atoms with Crippen molar-refractivity contribution >= 4 is 6.09 Å². The third-order valence-electron chi connectivity index (χ3n) is 0.940. The van der Waals surface area contributed by atoms with Gasteiger partial charge in [-0.05, 0) is 0 Å². The van der Waals surface area contributed by atoms with Crippen LogP contribution in [0.15, 0.2) is 19.0 Å². The van der Waals surface area contributed by atoms with Crippen molar-refractivity contribution in [1.82, 2.24) is 19.9 Å². The van der Waals surface area contributed by atoms with Crippen molar-refractivity contribution < 1.29 is 9.53 Å². The second kappa shape index (κ2) is 6.96. The van der Waals surface area contributed by atoms with Gasteiger partial charge in [0.05, 0.1) is 7.11 Å². The lowest BCUT2D eigenvalue weighted by Gasteiger charge is -2.05. The summed E-state index contributed by atoms with van der Waals surface area (Å²) in [7, 11) is 4.61. The van der Waals surface area contributed by atoms with Crippen LogP contribution in [0.25, 0.3) is 0 Å². The molecule has 13 heavy (non-hydrogen) atoms. The lowest BCUT2D eigenvalue weighted by atomic mass is 10.9. The van der Waals surface area contributed by atoms with Gasteiger partial charge < -0.3 is 9.64 Å². The van der Waals surface area contributed by atoms with E-state index in [-0.39, 0.29) is 6.09 Å². The van der Waals surface area contributed by atoms with Crippen LogP contribution in [0.2, 0.25) is 0 Å². The summed E-state index contributed by atoms with van der Waals surface area (Å²) in [6, 6.07) is 0. The second-order valence-electron chi connectivity index (χ2n) is 2.16. The number of methoxy groups -OCH3 is 1. The lowest BCUT2D eigenvalue weighted by molar-refractivity contribution is 0.141. The molecule has 1 aromatic rings. The summed E-state index contributed by atoms with van der Waals surface area (Å²) in [4.78, 5) is 22.3. The van der Waals surface area contributed by atoms with Crippen molar-refractivity contribution in [3.8, 4) is 0 Å². The number of amides is 1. The average Bonchev–Trinajstić information content (AvgIpc) is 2.20. The normalized spacial score (nSPS) is 7.92. The summed E-state index contributed by atoms with van der Waals surface area (Å²) in [6.07, 6.45) is 3.99. The van der Waals surface area contributed by atoms with Crippen molar-refractivity contribution in [2.24, 2.45) is 0 Å². The van der Waals surface area contributed by atoms with Gasteiger partial charge in [-0.25, -0.2) is 19.7 Å². The first-order valence-corrected chi connectivity index (χ1v) is 3.48. The summed E-state index contributed by atoms with van der Waals surface area (Å²) >= 11 is 0. The van der Waals surface area contributed by atoms with Crippen LogP contribution in [-0.4, -0.2) is 47.2 Å². The van der Waals surface area contributed by atoms with Gasteiger partial charge in [0, 0.05) is 14.1 Å². The fraction of sp³-hybridized carbons (Fsp3) is 0.429. The maximum Gasteiger partial charge on any atom is 0.408 e. The Morgan fingerprint density at radius 2 is 1.54 bits per heavy atom. The SMILES string of the molecule is COC(=O)N(C)C.c1ncncn1. The van der Waals surface area contributed by atoms with E-state index in [0.29, 0.717) is 0 Å². The quantitative estimate of drug-likeness (QED) is 0.575. The topological polar surface area (TPSA) is 68.2 Å². The van der Waals surface area contributed by atoms with Crippen molar-refractivity contribution in [2.45, 2.75) is 0 Å². The van der Waals surface area contributed by atoms with E-state index in [4.69, 9.17) is 0 Å². The van der Waals surface area contributed by atoms with Crippen molar-refractivity contribution in [3.63, 3.8) is 0 Å². The Labute approximate surface area is 76.6 Å². The molecule has 0 bridgehead atoms. The summed E-state index contributed by atoms with van der Waals surface area (Å²) < 4.78 is 4.30. The molecule has 6 heteroatoms. The van der Waals surface area contributed by atoms with E-state index >= 15 is 0 Å². The van der Waals surface area contributed by atoms with Crippen LogP contribution < -0.4 is 0 Å². The standard InChI is InChI=1S/C4H9NO2.C3H3N3/c1-5(2)4(6)7-3;1-4-2-6-3-5-1/h1-3H3;1-3H. The van der Waals surface area contributed by atoms with Gasteiger partial charge in [0.15, 0.2) is 0 Å². The number of hydrogen-bond donors (Lipinski definition) is 0. The molecule has 0 saturated carbocycles. The van der Waals surface area contributed by atoms with Crippen LogP contribution >= 0.6 is 0 Å². The van der Waals surface area contributed by atoms with Gasteiger partial charge in [-0.3, -0.25) is 0 Å². The molecule has 0 aromatic carbocycles. The zero-order valence-electron chi connectivity index (χ0n) is 7.84. The Morgan fingerprint density at radius 1 is 1.15 bits per heavy atom. The number of hydrogen-bond acceptors (Lipinski definition) is 5. The van der Waals surface area contributed by atoms with E-state index in [2.05, 4.69) is 19.7 Å². The van der Waals surface area contributed by atoms with Gasteiger partial charge in [-0.2, -0.15) is 0 Å². The Balaban J connectivity index is 0.000000223. The maximum absolute atomic E-state index is 10.2. The van der Waals surface area contributed by atoms with E-state index in [0.717, 1.165) is 0 Å². The minimum absolute atomic E-state index is 0.319. The second-order valence-corrected chi connectivity index (χ2v) is 2.16. The van der Waals surface area contributed by atoms with Crippen LogP contribution in [0.1, 0.15) is 0 Å². The fourth-order valence-corrected chi connectivity index (χ4v) is 0.387. The van der Waals surface area contributed by atoms with Crippen molar-refractivity contribution in [2.75, 3.05) is 21.2 Å². The molecule has 1 rings (SSSR count). The van der Waals surface area contributed by atoms with Gasteiger partial charge in [0.2, 0.25) is 0 Å². The molecule has 0 saturated heterocycles.